The summed E-state index contributed by atoms with van der Waals surface area (Å²) in [6.45, 7) is 0. The van der Waals surface area contributed by atoms with Crippen LogP contribution in [0.25, 0.3) is 0 Å². The van der Waals surface area contributed by atoms with Crippen molar-refractivity contribution in [2.24, 2.45) is 0 Å². The van der Waals surface area contributed by atoms with E-state index in [2.05, 4.69) is 74.6 Å². The Hall–Kier alpha value is -1.53. The van der Waals surface area contributed by atoms with Gasteiger partial charge in [-0.1, -0.05) is 0 Å². The molecule has 3 heteroatoms. The van der Waals surface area contributed by atoms with Crippen molar-refractivity contribution in [3.63, 3.8) is 0 Å². The first kappa shape index (κ1) is 11.6. The second-order valence-corrected chi connectivity index (χ2v) is 9.97. The molecule has 0 atom stereocenters. The molecule has 2 nitrogen and oxygen atoms in total. The fraction of sp³-hybridized carbons (Fsp3) is 0. The zero-order valence-corrected chi connectivity index (χ0v) is 12.4. The molecule has 0 bridgehead atoms. The van der Waals surface area contributed by atoms with Crippen LogP contribution in [-0.2, 0) is 0 Å². The van der Waals surface area contributed by atoms with E-state index in [0.29, 0.717) is 0 Å². The van der Waals surface area contributed by atoms with Gasteiger partial charge >= 0.3 is 115 Å². The molecule has 0 saturated heterocycles. The van der Waals surface area contributed by atoms with Crippen LogP contribution in [0.1, 0.15) is 0 Å². The van der Waals surface area contributed by atoms with Crippen molar-refractivity contribution >= 4 is 27.5 Å². The minimum atomic E-state index is -1.92. The third-order valence-electron chi connectivity index (χ3n) is 2.72. The molecule has 1 aromatic heterocycles. The molecule has 18 heavy (non-hydrogen) atoms. The third kappa shape index (κ3) is 2.34. The molecule has 0 saturated carbocycles. The Balaban J connectivity index is 2.11. The van der Waals surface area contributed by atoms with Crippen LogP contribution >= 0.6 is 0 Å². The van der Waals surface area contributed by atoms with Gasteiger partial charge in [0.25, 0.3) is 0 Å². The van der Waals surface area contributed by atoms with E-state index in [9.17, 15) is 0 Å². The molecule has 1 heterocycles. The van der Waals surface area contributed by atoms with Crippen molar-refractivity contribution in [3.05, 3.63) is 79.4 Å². The van der Waals surface area contributed by atoms with Gasteiger partial charge in [0.15, 0.2) is 0 Å². The Kier molecular flexibility index (Phi) is 3.47. The Labute approximate surface area is 114 Å². The molecule has 0 aliphatic carbocycles. The third-order valence-corrected chi connectivity index (χ3v) is 9.21. The van der Waals surface area contributed by atoms with Crippen molar-refractivity contribution in [3.8, 4) is 0 Å². The van der Waals surface area contributed by atoms with Crippen molar-refractivity contribution in [1.29, 1.82) is 0 Å². The van der Waals surface area contributed by atoms with Crippen molar-refractivity contribution < 1.29 is 0 Å². The molecular weight excluding hydrogens is 330 g/mol. The van der Waals surface area contributed by atoms with Crippen LogP contribution in [0.3, 0.4) is 0 Å². The van der Waals surface area contributed by atoms with E-state index >= 15 is 0 Å². The Morgan fingerprint density at radius 1 is 0.778 bits per heavy atom. The molecule has 3 aromatic rings. The van der Waals surface area contributed by atoms with Gasteiger partial charge in [0.1, 0.15) is 0 Å². The standard InChI is InChI=1S/2C6H5.C3H3N2.Sb/c2*1-2-4-6-5-3-1;1-2-5-3-4-1;/h2*1-5H;1-3H;/q;;-1;+1. The van der Waals surface area contributed by atoms with E-state index in [1.165, 1.54) is 7.02 Å². The van der Waals surface area contributed by atoms with Crippen LogP contribution in [0.2, 0.25) is 0 Å². The predicted molar refractivity (Wildman–Crippen MR) is 75.5 cm³/mol. The maximum absolute atomic E-state index is 4.20. The van der Waals surface area contributed by atoms with Gasteiger partial charge < -0.3 is 0 Å². The Bertz CT molecular complexity index is 551. The summed E-state index contributed by atoms with van der Waals surface area (Å²) in [5.74, 6) is 0. The van der Waals surface area contributed by atoms with E-state index in [-0.39, 0.29) is 0 Å². The average molecular weight is 343 g/mol. The van der Waals surface area contributed by atoms with Crippen molar-refractivity contribution in [2.75, 3.05) is 0 Å². The van der Waals surface area contributed by atoms with Gasteiger partial charge in [-0.25, -0.2) is 0 Å². The van der Waals surface area contributed by atoms with Gasteiger partial charge in [0.2, 0.25) is 0 Å². The van der Waals surface area contributed by atoms with Crippen LogP contribution in [0.4, 0.5) is 0 Å². The molecule has 3 rings (SSSR count). The Morgan fingerprint density at radius 2 is 1.33 bits per heavy atom. The van der Waals surface area contributed by atoms with Gasteiger partial charge in [-0.15, -0.1) is 0 Å². The average Bonchev–Trinajstić information content (AvgIpc) is 2.95. The fourth-order valence-electron chi connectivity index (χ4n) is 1.92. The molecule has 88 valence electrons. The van der Waals surface area contributed by atoms with E-state index in [1.807, 2.05) is 12.5 Å². The summed E-state index contributed by atoms with van der Waals surface area (Å²) in [5.41, 5.74) is 0. The summed E-state index contributed by atoms with van der Waals surface area (Å²) in [5, 5.41) is 0. The second-order valence-electron chi connectivity index (χ2n) is 3.93. The number of aromatic nitrogens is 2. The quantitative estimate of drug-likeness (QED) is 0.660. The Morgan fingerprint density at radius 3 is 1.78 bits per heavy atom. The summed E-state index contributed by atoms with van der Waals surface area (Å²) < 4.78 is 5.21. The van der Waals surface area contributed by atoms with Gasteiger partial charge in [-0.2, -0.15) is 0 Å². The van der Waals surface area contributed by atoms with E-state index < -0.39 is 20.5 Å². The summed E-state index contributed by atoms with van der Waals surface area (Å²) in [6, 6.07) is 21.5. The molecule has 0 N–H and O–H groups in total. The SMILES string of the molecule is c1cc[c]([Sb]([c]2ccccc2)[n]2ccnc2)cc1. The molecule has 0 spiro atoms. The molecule has 0 aliphatic rings. The van der Waals surface area contributed by atoms with Crippen LogP contribution in [0, 0.1) is 0 Å². The first-order valence-corrected chi connectivity index (χ1v) is 9.53. The molecule has 0 fully saturated rings. The molecule has 0 amide bonds. The number of benzene rings is 2. The number of hydrogen-bond acceptors (Lipinski definition) is 1. The number of rotatable bonds is 3. The van der Waals surface area contributed by atoms with Crippen LogP contribution in [0.15, 0.2) is 79.4 Å². The first-order valence-electron chi connectivity index (χ1n) is 5.83. The monoisotopic (exact) mass is 342 g/mol. The maximum atomic E-state index is 4.20. The summed E-state index contributed by atoms with van der Waals surface area (Å²) in [4.78, 5) is 4.20. The normalized spacial score (nSPS) is 10.7. The van der Waals surface area contributed by atoms with E-state index in [1.54, 1.807) is 0 Å². The topological polar surface area (TPSA) is 17.8 Å². The summed E-state index contributed by atoms with van der Waals surface area (Å²) in [7, 11) is 0. The molecule has 0 aliphatic heterocycles. The molecule has 0 unspecified atom stereocenters. The van der Waals surface area contributed by atoms with Gasteiger partial charge in [-0.3, -0.25) is 0 Å². The van der Waals surface area contributed by atoms with Gasteiger partial charge in [0.05, 0.1) is 0 Å². The van der Waals surface area contributed by atoms with E-state index in [0.717, 1.165) is 0 Å². The molecule has 0 radical (unpaired) electrons. The van der Waals surface area contributed by atoms with Crippen LogP contribution < -0.4 is 7.02 Å². The van der Waals surface area contributed by atoms with Crippen LogP contribution in [0.5, 0.6) is 0 Å². The number of nitrogens with zero attached hydrogens (tertiary/aromatic N) is 2. The first-order chi connectivity index (χ1) is 8.95. The number of imidazole rings is 1. The molecule has 2 aromatic carbocycles. The minimum absolute atomic E-state index is 1.45. The van der Waals surface area contributed by atoms with Crippen molar-refractivity contribution in [2.45, 2.75) is 0 Å². The zero-order valence-electron chi connectivity index (χ0n) is 9.85. The summed E-state index contributed by atoms with van der Waals surface area (Å²) in [6.07, 6.45) is 5.90. The van der Waals surface area contributed by atoms with E-state index in [4.69, 9.17) is 0 Å². The number of hydrogen-bond donors (Lipinski definition) is 0. The zero-order chi connectivity index (χ0) is 12.2. The van der Waals surface area contributed by atoms with Gasteiger partial charge in [0, 0.05) is 0 Å². The summed E-state index contributed by atoms with van der Waals surface area (Å²) >= 11 is -1.92. The van der Waals surface area contributed by atoms with Crippen molar-refractivity contribution in [1.82, 2.24) is 7.71 Å². The van der Waals surface area contributed by atoms with Gasteiger partial charge in [-0.05, 0) is 0 Å². The molecular formula is C15H13N2Sb. The predicted octanol–water partition coefficient (Wildman–Crippen LogP) is 1.54. The van der Waals surface area contributed by atoms with Crippen LogP contribution in [-0.4, -0.2) is 28.2 Å². The fourth-order valence-corrected chi connectivity index (χ4v) is 7.91. The second kappa shape index (κ2) is 5.41.